The fourth-order valence-electron chi connectivity index (χ4n) is 2.60. The zero-order chi connectivity index (χ0) is 14.8. The average molecular weight is 277 g/mol. The van der Waals surface area contributed by atoms with Crippen molar-refractivity contribution in [1.29, 1.82) is 0 Å². The van der Waals surface area contributed by atoms with E-state index in [0.29, 0.717) is 0 Å². The summed E-state index contributed by atoms with van der Waals surface area (Å²) in [6, 6.07) is 2.20. The smallest absolute Gasteiger partial charge is 0.0648 e. The Bertz CT molecular complexity index is 376. The van der Waals surface area contributed by atoms with E-state index in [0.717, 1.165) is 17.8 Å². The summed E-state index contributed by atoms with van der Waals surface area (Å²) in [6.07, 6.45) is 11.8. The number of rotatable bonds is 10. The Kier molecular flexibility index (Phi) is 8.43. The Labute approximate surface area is 124 Å². The van der Waals surface area contributed by atoms with Gasteiger partial charge in [0.1, 0.15) is 0 Å². The minimum atomic E-state index is 0.115. The van der Waals surface area contributed by atoms with E-state index >= 15 is 0 Å². The van der Waals surface area contributed by atoms with Crippen LogP contribution in [-0.2, 0) is 0 Å². The fraction of sp³-hybridized carbons (Fsp3) is 0.765. The Morgan fingerprint density at radius 3 is 2.20 bits per heavy atom. The van der Waals surface area contributed by atoms with E-state index in [4.69, 9.17) is 5.73 Å². The van der Waals surface area contributed by atoms with Crippen LogP contribution >= 0.6 is 0 Å². The number of unbranched alkanes of at least 4 members (excludes halogenated alkanes) is 7. The van der Waals surface area contributed by atoms with Gasteiger partial charge in [0.15, 0.2) is 0 Å². The summed E-state index contributed by atoms with van der Waals surface area (Å²) < 4.78 is 0. The molecular formula is C17H31N3. The standard InChI is InChI=1S/C17H31N3/c1-4-5-6-7-8-9-10-11-12-17(18)16-13-14(2)19-20-15(16)3/h13,17H,4-12,18H2,1-3H3. The van der Waals surface area contributed by atoms with Crippen LogP contribution in [0.25, 0.3) is 0 Å². The summed E-state index contributed by atoms with van der Waals surface area (Å²) in [5, 5.41) is 8.22. The van der Waals surface area contributed by atoms with E-state index in [1.54, 1.807) is 0 Å². The Balaban J connectivity index is 2.17. The molecule has 1 heterocycles. The number of nitrogens with two attached hydrogens (primary N) is 1. The molecule has 0 aliphatic carbocycles. The fourth-order valence-corrected chi connectivity index (χ4v) is 2.60. The zero-order valence-corrected chi connectivity index (χ0v) is 13.5. The molecule has 3 nitrogen and oxygen atoms in total. The normalized spacial score (nSPS) is 12.6. The van der Waals surface area contributed by atoms with Crippen molar-refractivity contribution in [3.63, 3.8) is 0 Å². The van der Waals surface area contributed by atoms with Crippen molar-refractivity contribution >= 4 is 0 Å². The van der Waals surface area contributed by atoms with Gasteiger partial charge in [-0.2, -0.15) is 10.2 Å². The second-order valence-electron chi connectivity index (χ2n) is 5.90. The lowest BCUT2D eigenvalue weighted by Gasteiger charge is -2.14. The van der Waals surface area contributed by atoms with Gasteiger partial charge in [0.2, 0.25) is 0 Å². The van der Waals surface area contributed by atoms with Gasteiger partial charge in [0.25, 0.3) is 0 Å². The van der Waals surface area contributed by atoms with Gasteiger partial charge in [-0.25, -0.2) is 0 Å². The van der Waals surface area contributed by atoms with Gasteiger partial charge in [-0.15, -0.1) is 0 Å². The topological polar surface area (TPSA) is 51.8 Å². The third-order valence-corrected chi connectivity index (χ3v) is 3.91. The van der Waals surface area contributed by atoms with E-state index in [2.05, 4.69) is 23.2 Å². The summed E-state index contributed by atoms with van der Waals surface area (Å²) in [6.45, 7) is 6.23. The molecule has 0 fully saturated rings. The summed E-state index contributed by atoms with van der Waals surface area (Å²) in [5.74, 6) is 0. The second kappa shape index (κ2) is 9.87. The maximum Gasteiger partial charge on any atom is 0.0648 e. The number of hydrogen-bond acceptors (Lipinski definition) is 3. The minimum absolute atomic E-state index is 0.115. The van der Waals surface area contributed by atoms with Crippen molar-refractivity contribution in [3.8, 4) is 0 Å². The third kappa shape index (κ3) is 6.47. The number of hydrogen-bond donors (Lipinski definition) is 1. The zero-order valence-electron chi connectivity index (χ0n) is 13.5. The van der Waals surface area contributed by atoms with Crippen LogP contribution in [0.5, 0.6) is 0 Å². The lowest BCUT2D eigenvalue weighted by Crippen LogP contribution is -2.13. The van der Waals surface area contributed by atoms with Gasteiger partial charge < -0.3 is 5.73 Å². The highest BCUT2D eigenvalue weighted by Crippen LogP contribution is 2.20. The Morgan fingerprint density at radius 2 is 1.55 bits per heavy atom. The maximum atomic E-state index is 6.28. The van der Waals surface area contributed by atoms with E-state index < -0.39 is 0 Å². The van der Waals surface area contributed by atoms with E-state index in [1.165, 1.54) is 56.9 Å². The highest BCUT2D eigenvalue weighted by molar-refractivity contribution is 5.23. The van der Waals surface area contributed by atoms with Crippen LogP contribution in [0.1, 0.15) is 87.7 Å². The van der Waals surface area contributed by atoms with Crippen LogP contribution in [0, 0.1) is 13.8 Å². The van der Waals surface area contributed by atoms with Crippen LogP contribution in [0.3, 0.4) is 0 Å². The Morgan fingerprint density at radius 1 is 0.950 bits per heavy atom. The molecule has 1 unspecified atom stereocenters. The van der Waals surface area contributed by atoms with Gasteiger partial charge in [-0.3, -0.25) is 0 Å². The molecule has 0 aliphatic rings. The first-order chi connectivity index (χ1) is 9.65. The van der Waals surface area contributed by atoms with Crippen molar-refractivity contribution in [2.45, 2.75) is 84.6 Å². The third-order valence-electron chi connectivity index (χ3n) is 3.91. The van der Waals surface area contributed by atoms with Gasteiger partial charge >= 0.3 is 0 Å². The van der Waals surface area contributed by atoms with Crippen LogP contribution in [-0.4, -0.2) is 10.2 Å². The van der Waals surface area contributed by atoms with E-state index in [-0.39, 0.29) is 6.04 Å². The number of aromatic nitrogens is 2. The summed E-state index contributed by atoms with van der Waals surface area (Å²) in [7, 11) is 0. The molecule has 114 valence electrons. The van der Waals surface area contributed by atoms with Crippen molar-refractivity contribution in [2.24, 2.45) is 5.73 Å². The van der Waals surface area contributed by atoms with Gasteiger partial charge in [0.05, 0.1) is 11.4 Å². The predicted molar refractivity (Wildman–Crippen MR) is 85.7 cm³/mol. The summed E-state index contributed by atoms with van der Waals surface area (Å²) in [4.78, 5) is 0. The molecule has 3 heteroatoms. The van der Waals surface area contributed by atoms with Crippen LogP contribution < -0.4 is 5.73 Å². The molecule has 0 spiro atoms. The molecule has 0 aromatic carbocycles. The molecule has 0 bridgehead atoms. The monoisotopic (exact) mass is 277 g/mol. The SMILES string of the molecule is CCCCCCCCCCC(N)c1cc(C)nnc1C. The van der Waals surface area contributed by atoms with Gasteiger partial charge in [-0.05, 0) is 31.9 Å². The van der Waals surface area contributed by atoms with E-state index in [9.17, 15) is 0 Å². The molecule has 1 aromatic heterocycles. The molecule has 0 saturated carbocycles. The minimum Gasteiger partial charge on any atom is -0.324 e. The highest BCUT2D eigenvalue weighted by atomic mass is 15.1. The Hall–Kier alpha value is -0.960. The van der Waals surface area contributed by atoms with Crippen LogP contribution in [0.4, 0.5) is 0 Å². The molecule has 0 aliphatic heterocycles. The molecular weight excluding hydrogens is 246 g/mol. The average Bonchev–Trinajstić information content (AvgIpc) is 2.44. The summed E-state index contributed by atoms with van der Waals surface area (Å²) >= 11 is 0. The highest BCUT2D eigenvalue weighted by Gasteiger charge is 2.10. The molecule has 1 aromatic rings. The predicted octanol–water partition coefficient (Wildman–Crippen LogP) is 4.62. The second-order valence-corrected chi connectivity index (χ2v) is 5.90. The molecule has 0 radical (unpaired) electrons. The maximum absolute atomic E-state index is 6.28. The number of nitrogens with zero attached hydrogens (tertiary/aromatic N) is 2. The molecule has 1 atom stereocenters. The van der Waals surface area contributed by atoms with Crippen LogP contribution in [0.2, 0.25) is 0 Å². The molecule has 1 rings (SSSR count). The van der Waals surface area contributed by atoms with Crippen LogP contribution in [0.15, 0.2) is 6.07 Å². The lowest BCUT2D eigenvalue weighted by molar-refractivity contribution is 0.533. The first-order valence-corrected chi connectivity index (χ1v) is 8.21. The molecule has 0 amide bonds. The quantitative estimate of drug-likeness (QED) is 0.635. The van der Waals surface area contributed by atoms with Crippen molar-refractivity contribution in [2.75, 3.05) is 0 Å². The van der Waals surface area contributed by atoms with Gasteiger partial charge in [-0.1, -0.05) is 58.3 Å². The molecule has 0 saturated heterocycles. The van der Waals surface area contributed by atoms with Crippen molar-refractivity contribution < 1.29 is 0 Å². The molecule has 20 heavy (non-hydrogen) atoms. The first kappa shape index (κ1) is 17.1. The van der Waals surface area contributed by atoms with E-state index in [1.807, 2.05) is 13.8 Å². The molecule has 2 N–H and O–H groups in total. The first-order valence-electron chi connectivity index (χ1n) is 8.21. The van der Waals surface area contributed by atoms with Crippen molar-refractivity contribution in [3.05, 3.63) is 23.0 Å². The lowest BCUT2D eigenvalue weighted by atomic mass is 9.99. The van der Waals surface area contributed by atoms with Gasteiger partial charge in [0, 0.05) is 6.04 Å². The largest absolute Gasteiger partial charge is 0.324 e. The van der Waals surface area contributed by atoms with Crippen molar-refractivity contribution in [1.82, 2.24) is 10.2 Å². The number of aryl methyl sites for hydroxylation is 2. The summed E-state index contributed by atoms with van der Waals surface area (Å²) in [5.41, 5.74) is 9.37.